The molecule has 0 bridgehead atoms. The molecule has 3 nitrogen and oxygen atoms in total. The largest absolute Gasteiger partial charge is 0.328 e. The lowest BCUT2D eigenvalue weighted by Gasteiger charge is -2.42. The third-order valence-electron chi connectivity index (χ3n) is 4.99. The summed E-state index contributed by atoms with van der Waals surface area (Å²) >= 11 is 0. The van der Waals surface area contributed by atoms with Crippen molar-refractivity contribution < 1.29 is 0 Å². The van der Waals surface area contributed by atoms with Crippen molar-refractivity contribution in [3.05, 3.63) is 0 Å². The maximum Gasteiger partial charge on any atom is 0.0119 e. The zero-order chi connectivity index (χ0) is 13.0. The summed E-state index contributed by atoms with van der Waals surface area (Å²) in [5.74, 6) is 0. The molecule has 1 aliphatic heterocycles. The average Bonchev–Trinajstić information content (AvgIpc) is 2.40. The first-order valence-corrected chi connectivity index (χ1v) is 7.90. The van der Waals surface area contributed by atoms with Gasteiger partial charge in [0.2, 0.25) is 0 Å². The summed E-state index contributed by atoms with van der Waals surface area (Å²) in [5, 5.41) is 0. The second-order valence-electron chi connectivity index (χ2n) is 6.31. The summed E-state index contributed by atoms with van der Waals surface area (Å²) in [4.78, 5) is 5.30. The van der Waals surface area contributed by atoms with Crippen molar-refractivity contribution in [3.63, 3.8) is 0 Å². The van der Waals surface area contributed by atoms with Crippen LogP contribution in [0.2, 0.25) is 0 Å². The summed E-state index contributed by atoms with van der Waals surface area (Å²) in [7, 11) is 2.35. The number of piperidine rings is 1. The lowest BCUT2D eigenvalue weighted by atomic mass is 9.89. The van der Waals surface area contributed by atoms with Gasteiger partial charge < -0.3 is 15.5 Å². The van der Waals surface area contributed by atoms with Crippen LogP contribution in [-0.2, 0) is 0 Å². The summed E-state index contributed by atoms with van der Waals surface area (Å²) in [6, 6.07) is 2.09. The van der Waals surface area contributed by atoms with Gasteiger partial charge in [-0.25, -0.2) is 0 Å². The Labute approximate surface area is 113 Å². The van der Waals surface area contributed by atoms with Gasteiger partial charge in [0, 0.05) is 18.1 Å². The molecule has 0 spiro atoms. The fourth-order valence-corrected chi connectivity index (χ4v) is 3.67. The minimum Gasteiger partial charge on any atom is -0.328 e. The van der Waals surface area contributed by atoms with Gasteiger partial charge in [0.1, 0.15) is 0 Å². The van der Waals surface area contributed by atoms with Crippen molar-refractivity contribution in [2.75, 3.05) is 26.7 Å². The molecule has 0 aromatic rings. The van der Waals surface area contributed by atoms with E-state index in [1.807, 2.05) is 0 Å². The first-order chi connectivity index (χ1) is 8.70. The fraction of sp³-hybridized carbons (Fsp3) is 1.00. The van der Waals surface area contributed by atoms with E-state index in [2.05, 4.69) is 23.8 Å². The molecule has 0 amide bonds. The lowest BCUT2D eigenvalue weighted by molar-refractivity contribution is 0.0777. The molecule has 2 rings (SSSR count). The highest BCUT2D eigenvalue weighted by atomic mass is 15.2. The average molecular weight is 253 g/mol. The van der Waals surface area contributed by atoms with E-state index in [0.29, 0.717) is 6.04 Å². The summed E-state index contributed by atoms with van der Waals surface area (Å²) in [6.07, 6.45) is 9.09. The predicted molar refractivity (Wildman–Crippen MR) is 77.7 cm³/mol. The number of hydrogen-bond acceptors (Lipinski definition) is 3. The van der Waals surface area contributed by atoms with Crippen molar-refractivity contribution in [2.45, 2.75) is 70.0 Å². The molecule has 1 aliphatic carbocycles. The van der Waals surface area contributed by atoms with Gasteiger partial charge >= 0.3 is 0 Å². The molecule has 1 saturated carbocycles. The van der Waals surface area contributed by atoms with Crippen LogP contribution in [0.4, 0.5) is 0 Å². The molecule has 18 heavy (non-hydrogen) atoms. The molecule has 1 heterocycles. The van der Waals surface area contributed by atoms with E-state index in [1.54, 1.807) is 0 Å². The molecule has 3 heteroatoms. The van der Waals surface area contributed by atoms with Gasteiger partial charge in [-0.3, -0.25) is 0 Å². The van der Waals surface area contributed by atoms with Gasteiger partial charge in [-0.2, -0.15) is 0 Å². The second-order valence-corrected chi connectivity index (χ2v) is 6.31. The number of hydrogen-bond donors (Lipinski definition) is 1. The fourth-order valence-electron chi connectivity index (χ4n) is 3.67. The number of nitrogens with zero attached hydrogens (tertiary/aromatic N) is 2. The van der Waals surface area contributed by atoms with E-state index in [0.717, 1.165) is 12.1 Å². The first kappa shape index (κ1) is 14.3. The van der Waals surface area contributed by atoms with E-state index < -0.39 is 0 Å². The van der Waals surface area contributed by atoms with Crippen LogP contribution < -0.4 is 5.73 Å². The number of likely N-dealkylation sites (tertiary alicyclic amines) is 1. The molecule has 2 fully saturated rings. The predicted octanol–water partition coefficient (Wildman–Crippen LogP) is 2.06. The van der Waals surface area contributed by atoms with Crippen LogP contribution >= 0.6 is 0 Å². The van der Waals surface area contributed by atoms with Crippen molar-refractivity contribution in [3.8, 4) is 0 Å². The van der Waals surface area contributed by atoms with Gasteiger partial charge in [0.15, 0.2) is 0 Å². The highest BCUT2D eigenvalue weighted by molar-refractivity contribution is 4.85. The highest BCUT2D eigenvalue weighted by Gasteiger charge is 2.28. The van der Waals surface area contributed by atoms with Crippen LogP contribution in [0.5, 0.6) is 0 Å². The van der Waals surface area contributed by atoms with Crippen molar-refractivity contribution in [1.29, 1.82) is 0 Å². The Morgan fingerprint density at radius 3 is 2.11 bits per heavy atom. The second kappa shape index (κ2) is 6.88. The van der Waals surface area contributed by atoms with E-state index in [9.17, 15) is 0 Å². The Morgan fingerprint density at radius 2 is 1.56 bits per heavy atom. The lowest BCUT2D eigenvalue weighted by Crippen LogP contribution is -2.48. The molecule has 0 atom stereocenters. The molecular formula is C15H31N3. The highest BCUT2D eigenvalue weighted by Crippen LogP contribution is 2.26. The van der Waals surface area contributed by atoms with E-state index >= 15 is 0 Å². The third-order valence-corrected chi connectivity index (χ3v) is 4.99. The van der Waals surface area contributed by atoms with Crippen LogP contribution in [0.3, 0.4) is 0 Å². The van der Waals surface area contributed by atoms with Crippen molar-refractivity contribution >= 4 is 0 Å². The zero-order valence-corrected chi connectivity index (χ0v) is 12.3. The molecule has 106 valence electrons. The Morgan fingerprint density at radius 1 is 1.00 bits per heavy atom. The monoisotopic (exact) mass is 253 g/mol. The van der Waals surface area contributed by atoms with Crippen LogP contribution in [0, 0.1) is 0 Å². The molecule has 2 aliphatic rings. The van der Waals surface area contributed by atoms with Crippen LogP contribution in [-0.4, -0.2) is 54.6 Å². The van der Waals surface area contributed by atoms with E-state index in [1.165, 1.54) is 64.6 Å². The quantitative estimate of drug-likeness (QED) is 0.832. The number of rotatable bonds is 4. The maximum absolute atomic E-state index is 6.00. The van der Waals surface area contributed by atoms with Gasteiger partial charge in [-0.15, -0.1) is 0 Å². The normalized spacial score (nSPS) is 32.0. The Hall–Kier alpha value is -0.120. The maximum atomic E-state index is 6.00. The van der Waals surface area contributed by atoms with Gasteiger partial charge in [0.25, 0.3) is 0 Å². The Bertz CT molecular complexity index is 228. The number of nitrogens with two attached hydrogens (primary N) is 1. The van der Waals surface area contributed by atoms with Gasteiger partial charge in [0.05, 0.1) is 0 Å². The van der Waals surface area contributed by atoms with E-state index in [-0.39, 0.29) is 0 Å². The molecule has 1 saturated heterocycles. The topological polar surface area (TPSA) is 32.5 Å². The van der Waals surface area contributed by atoms with Crippen LogP contribution in [0.1, 0.15) is 51.9 Å². The minimum absolute atomic E-state index is 0.473. The SMILES string of the molecule is CCCN1CCC(N(C)C2CCC(N)CC2)CC1. The molecule has 0 unspecified atom stereocenters. The van der Waals surface area contributed by atoms with Crippen LogP contribution in [0.25, 0.3) is 0 Å². The van der Waals surface area contributed by atoms with Gasteiger partial charge in [-0.1, -0.05) is 6.92 Å². The van der Waals surface area contributed by atoms with Gasteiger partial charge in [-0.05, 0) is 71.6 Å². The van der Waals surface area contributed by atoms with E-state index in [4.69, 9.17) is 5.73 Å². The summed E-state index contributed by atoms with van der Waals surface area (Å²) in [5.41, 5.74) is 6.00. The summed E-state index contributed by atoms with van der Waals surface area (Å²) < 4.78 is 0. The van der Waals surface area contributed by atoms with Crippen molar-refractivity contribution in [1.82, 2.24) is 9.80 Å². The molecular weight excluding hydrogens is 222 g/mol. The van der Waals surface area contributed by atoms with Crippen LogP contribution in [0.15, 0.2) is 0 Å². The Kier molecular flexibility index (Phi) is 5.46. The standard InChI is InChI=1S/C15H31N3/c1-3-10-18-11-8-15(9-12-18)17(2)14-6-4-13(16)5-7-14/h13-15H,3-12,16H2,1-2H3. The van der Waals surface area contributed by atoms with Crippen molar-refractivity contribution in [2.24, 2.45) is 5.73 Å². The molecule has 0 radical (unpaired) electrons. The summed E-state index contributed by atoms with van der Waals surface area (Å²) in [6.45, 7) is 6.17. The third kappa shape index (κ3) is 3.69. The molecule has 0 aromatic heterocycles. The molecule has 0 aromatic carbocycles. The first-order valence-electron chi connectivity index (χ1n) is 7.90. The molecule has 2 N–H and O–H groups in total. The Balaban J connectivity index is 1.75. The zero-order valence-electron chi connectivity index (χ0n) is 12.3. The smallest absolute Gasteiger partial charge is 0.0119 e. The minimum atomic E-state index is 0.473.